The van der Waals surface area contributed by atoms with Crippen molar-refractivity contribution in [3.05, 3.63) is 35.6 Å². The first-order chi connectivity index (χ1) is 3.79. The Balaban J connectivity index is 0.000000640. The molecule has 0 aromatic heterocycles. The Morgan fingerprint density at radius 1 is 1.33 bits per heavy atom. The molecule has 0 spiro atoms. The second kappa shape index (κ2) is 4.30. The summed E-state index contributed by atoms with van der Waals surface area (Å²) in [6, 6.07) is 7.47. The minimum Gasteiger partial charge on any atom is -0.699 e. The molecule has 0 aliphatic rings. The van der Waals surface area contributed by atoms with Gasteiger partial charge in [0.1, 0.15) is 0 Å². The second-order valence-corrected chi connectivity index (χ2v) is 1.87. The Bertz CT molecular complexity index is 169. The van der Waals surface area contributed by atoms with Crippen molar-refractivity contribution in [1.29, 1.82) is 0 Å². The van der Waals surface area contributed by atoms with Crippen LogP contribution in [0.4, 0.5) is 5.69 Å². The van der Waals surface area contributed by atoms with Crippen LogP contribution >= 0.6 is 0 Å². The maximum Gasteiger partial charge on any atom is 0 e. The van der Waals surface area contributed by atoms with E-state index in [2.05, 4.69) is 0 Å². The van der Waals surface area contributed by atoms with Gasteiger partial charge in [0.25, 0.3) is 0 Å². The van der Waals surface area contributed by atoms with E-state index in [4.69, 9.17) is 5.73 Å². The van der Waals surface area contributed by atoms with Gasteiger partial charge in [-0.25, -0.2) is 0 Å². The monoisotopic (exact) mass is 333 g/mol. The summed E-state index contributed by atoms with van der Waals surface area (Å²) in [5.74, 6) is 0. The van der Waals surface area contributed by atoms with Gasteiger partial charge >= 0.3 is 0 Å². The first-order valence-electron chi connectivity index (χ1n) is 2.57. The summed E-state index contributed by atoms with van der Waals surface area (Å²) in [6.07, 6.45) is 0. The maximum atomic E-state index is 7.14. The van der Waals surface area contributed by atoms with Gasteiger partial charge in [-0.2, -0.15) is 0 Å². The Kier molecular flexibility index (Phi) is 4.53. The summed E-state index contributed by atoms with van der Waals surface area (Å²) in [4.78, 5) is 0. The predicted molar refractivity (Wildman–Crippen MR) is 35.2 cm³/mol. The van der Waals surface area contributed by atoms with Crippen LogP contribution in [0.2, 0.25) is 0 Å². The normalized spacial score (nSPS) is 8.11. The first-order valence-corrected chi connectivity index (χ1v) is 2.57. The molecule has 9 heavy (non-hydrogen) atoms. The topological polar surface area (TPSA) is 23.8 Å². The third kappa shape index (κ3) is 3.23. The average Bonchev–Trinajstić information content (AvgIpc) is 1.64. The van der Waals surface area contributed by atoms with Crippen molar-refractivity contribution in [2.45, 2.75) is 6.92 Å². The van der Waals surface area contributed by atoms with Crippen molar-refractivity contribution in [1.82, 2.24) is 0 Å². The summed E-state index contributed by atoms with van der Waals surface area (Å²) in [5.41, 5.74) is 8.87. The Hall–Kier alpha value is 0.462. The first kappa shape index (κ1) is 9.46. The van der Waals surface area contributed by atoms with E-state index in [-0.39, 0.29) is 44.1 Å². The number of nitrogens with one attached hydrogen (secondary N) is 1. The Labute approximate surface area is 91.2 Å². The Morgan fingerprint density at radius 2 is 2.00 bits per heavy atom. The molecule has 0 saturated carbocycles. The standard InChI is InChI=1S/C7H8N.Ac/c1-6-3-2-4-7(8)5-6;/h2-5,8H,1H3;/q-1;. The number of benzene rings is 1. The molecule has 45 valence electrons. The fourth-order valence-corrected chi connectivity index (χ4v) is 0.645. The van der Waals surface area contributed by atoms with E-state index < -0.39 is 0 Å². The van der Waals surface area contributed by atoms with Gasteiger partial charge in [-0.05, 0) is 6.92 Å². The van der Waals surface area contributed by atoms with Gasteiger partial charge in [-0.1, -0.05) is 29.8 Å². The number of hydrogen-bond donors (Lipinski definition) is 0. The van der Waals surface area contributed by atoms with Gasteiger partial charge in [-0.15, -0.1) is 5.69 Å². The zero-order valence-electron chi connectivity index (χ0n) is 5.39. The van der Waals surface area contributed by atoms with E-state index in [9.17, 15) is 0 Å². The molecule has 1 nitrogen and oxygen atoms in total. The average molecular weight is 333 g/mol. The van der Waals surface area contributed by atoms with Crippen molar-refractivity contribution in [2.75, 3.05) is 0 Å². The molecule has 1 radical (unpaired) electrons. The summed E-state index contributed by atoms with van der Waals surface area (Å²) < 4.78 is 0. The molecule has 0 aliphatic heterocycles. The molecule has 0 bridgehead atoms. The molecule has 0 atom stereocenters. The number of hydrogen-bond acceptors (Lipinski definition) is 0. The molecule has 1 rings (SSSR count). The van der Waals surface area contributed by atoms with Crippen LogP contribution in [-0.4, -0.2) is 0 Å². The zero-order valence-corrected chi connectivity index (χ0v) is 10.1. The van der Waals surface area contributed by atoms with Gasteiger partial charge in [0.2, 0.25) is 0 Å². The maximum absolute atomic E-state index is 7.14. The molecule has 2 heteroatoms. The van der Waals surface area contributed by atoms with Gasteiger partial charge in [0, 0.05) is 44.1 Å². The van der Waals surface area contributed by atoms with Crippen LogP contribution < -0.4 is 0 Å². The summed E-state index contributed by atoms with van der Waals surface area (Å²) >= 11 is 0. The molecule has 0 saturated heterocycles. The van der Waals surface area contributed by atoms with Crippen LogP contribution in [-0.2, 0) is 0 Å². The van der Waals surface area contributed by atoms with Gasteiger partial charge in [0.15, 0.2) is 0 Å². The van der Waals surface area contributed by atoms with E-state index in [0.717, 1.165) is 5.56 Å². The SMILES string of the molecule is Cc1cccc([NH-])c1.[Ac]. The molecule has 0 aliphatic carbocycles. The van der Waals surface area contributed by atoms with E-state index >= 15 is 0 Å². The minimum absolute atomic E-state index is 0. The molecule has 1 N–H and O–H groups in total. The molecule has 0 fully saturated rings. The summed E-state index contributed by atoms with van der Waals surface area (Å²) in [5, 5.41) is 0. The second-order valence-electron chi connectivity index (χ2n) is 1.87. The quantitative estimate of drug-likeness (QED) is 0.697. The molecule has 1 aromatic rings. The van der Waals surface area contributed by atoms with Crippen molar-refractivity contribution >= 4 is 5.69 Å². The van der Waals surface area contributed by atoms with E-state index in [1.807, 2.05) is 25.1 Å². The largest absolute Gasteiger partial charge is 0.699 e. The molecular formula is C7H8AcN-. The van der Waals surface area contributed by atoms with E-state index in [1.54, 1.807) is 6.07 Å². The van der Waals surface area contributed by atoms with Crippen molar-refractivity contribution in [3.63, 3.8) is 0 Å². The van der Waals surface area contributed by atoms with E-state index in [0.29, 0.717) is 5.69 Å². The van der Waals surface area contributed by atoms with E-state index in [1.165, 1.54) is 0 Å². The Morgan fingerprint density at radius 3 is 2.33 bits per heavy atom. The van der Waals surface area contributed by atoms with Crippen LogP contribution in [0, 0.1) is 51.0 Å². The van der Waals surface area contributed by atoms with Crippen molar-refractivity contribution < 1.29 is 44.1 Å². The van der Waals surface area contributed by atoms with Gasteiger partial charge in [0.05, 0.1) is 0 Å². The smallest absolute Gasteiger partial charge is 0 e. The van der Waals surface area contributed by atoms with Crippen molar-refractivity contribution in [3.8, 4) is 0 Å². The van der Waals surface area contributed by atoms with Crippen LogP contribution in [0.25, 0.3) is 5.73 Å². The molecule has 1 aromatic carbocycles. The van der Waals surface area contributed by atoms with Crippen LogP contribution in [0.15, 0.2) is 24.3 Å². The summed E-state index contributed by atoms with van der Waals surface area (Å²) in [6.45, 7) is 1.98. The summed E-state index contributed by atoms with van der Waals surface area (Å²) in [7, 11) is 0. The van der Waals surface area contributed by atoms with Gasteiger partial charge < -0.3 is 5.73 Å². The third-order valence-electron chi connectivity index (χ3n) is 1.02. The molecule has 0 amide bonds. The van der Waals surface area contributed by atoms with Crippen LogP contribution in [0.3, 0.4) is 0 Å². The van der Waals surface area contributed by atoms with Gasteiger partial charge in [-0.3, -0.25) is 0 Å². The predicted octanol–water partition coefficient (Wildman–Crippen LogP) is 2.68. The number of rotatable bonds is 0. The van der Waals surface area contributed by atoms with Crippen LogP contribution in [0.5, 0.6) is 0 Å². The minimum atomic E-state index is 0. The van der Waals surface area contributed by atoms with Crippen LogP contribution in [0.1, 0.15) is 5.56 Å². The molecular weight excluding hydrogens is 325 g/mol. The number of aryl methyl sites for hydroxylation is 1. The fourth-order valence-electron chi connectivity index (χ4n) is 0.645. The third-order valence-corrected chi connectivity index (χ3v) is 1.02. The molecule has 0 heterocycles. The fraction of sp³-hybridized carbons (Fsp3) is 0.143. The molecule has 0 unspecified atom stereocenters. The van der Waals surface area contributed by atoms with Crippen molar-refractivity contribution in [2.24, 2.45) is 0 Å². The zero-order chi connectivity index (χ0) is 5.98.